The Balaban J connectivity index is 1.60. The molecule has 2 aromatic rings. The van der Waals surface area contributed by atoms with Crippen LogP contribution in [0.1, 0.15) is 65.4 Å². The van der Waals surface area contributed by atoms with Crippen LogP contribution < -0.4 is 25.6 Å². The number of rotatable bonds is 14. The second-order valence-corrected chi connectivity index (χ2v) is 10.3. The fourth-order valence-corrected chi connectivity index (χ4v) is 4.22. The minimum absolute atomic E-state index is 0.00826. The molecule has 0 unspecified atom stereocenters. The summed E-state index contributed by atoms with van der Waals surface area (Å²) in [6, 6.07) is 14.5. The number of carbonyl (C=O) groups excluding carboxylic acids is 3. The Morgan fingerprint density at radius 3 is 2.30 bits per heavy atom. The van der Waals surface area contributed by atoms with Crippen molar-refractivity contribution in [2.45, 2.75) is 45.2 Å². The van der Waals surface area contributed by atoms with E-state index in [1.807, 2.05) is 61.8 Å². The molecule has 0 spiro atoms. The summed E-state index contributed by atoms with van der Waals surface area (Å²) < 4.78 is 1.90. The molecule has 9 heteroatoms. The molecule has 8 nitrogen and oxygen atoms in total. The smallest absolute Gasteiger partial charge is 0.251 e. The highest BCUT2D eigenvalue weighted by Crippen LogP contribution is 2.27. The molecule has 2 atom stereocenters. The summed E-state index contributed by atoms with van der Waals surface area (Å²) in [5, 5.41) is 12.2. The Morgan fingerprint density at radius 2 is 1.68 bits per heavy atom. The lowest BCUT2D eigenvalue weighted by Gasteiger charge is -2.19. The number of carbonyl (C=O) groups is 3. The molecule has 1 fully saturated rings. The molecule has 0 aromatic heterocycles. The Kier molecular flexibility index (Phi) is 10.8. The minimum Gasteiger partial charge on any atom is -0.354 e. The molecule has 3 amide bonds. The number of hydrogen-bond donors (Lipinski definition) is 4. The van der Waals surface area contributed by atoms with Crippen molar-refractivity contribution in [1.29, 1.82) is 0 Å². The van der Waals surface area contributed by atoms with Gasteiger partial charge in [-0.3, -0.25) is 14.4 Å². The van der Waals surface area contributed by atoms with Crippen molar-refractivity contribution < 1.29 is 14.4 Å². The van der Waals surface area contributed by atoms with E-state index in [0.29, 0.717) is 36.6 Å². The summed E-state index contributed by atoms with van der Waals surface area (Å²) in [4.78, 5) is 38.4. The summed E-state index contributed by atoms with van der Waals surface area (Å²) >= 11 is 1.49. The summed E-state index contributed by atoms with van der Waals surface area (Å²) in [6.07, 6.45) is 4.99. The zero-order valence-corrected chi connectivity index (χ0v) is 23.0. The molecule has 1 saturated carbocycles. The Labute approximate surface area is 224 Å². The van der Waals surface area contributed by atoms with Gasteiger partial charge in [0.2, 0.25) is 5.91 Å². The van der Waals surface area contributed by atoms with Crippen LogP contribution >= 0.6 is 11.9 Å². The van der Waals surface area contributed by atoms with Crippen LogP contribution in [-0.2, 0) is 4.79 Å². The normalized spacial score (nSPS) is 14.4. The van der Waals surface area contributed by atoms with Crippen LogP contribution in [0, 0.1) is 5.92 Å². The average Bonchev–Trinajstić information content (AvgIpc) is 3.76. The maximum atomic E-state index is 13.1. The molecule has 0 radical (unpaired) electrons. The van der Waals surface area contributed by atoms with Gasteiger partial charge in [0.1, 0.15) is 0 Å². The first-order valence-corrected chi connectivity index (χ1v) is 14.1. The van der Waals surface area contributed by atoms with Gasteiger partial charge < -0.3 is 25.6 Å². The van der Waals surface area contributed by atoms with Gasteiger partial charge in [-0.2, -0.15) is 0 Å². The van der Waals surface area contributed by atoms with Crippen molar-refractivity contribution in [3.8, 4) is 0 Å². The number of nitrogens with one attached hydrogen (secondary N) is 4. The van der Waals surface area contributed by atoms with Gasteiger partial charge in [-0.1, -0.05) is 49.2 Å². The number of hydrogen-bond acceptors (Lipinski definition) is 6. The van der Waals surface area contributed by atoms with Gasteiger partial charge in [-0.05, 0) is 55.9 Å². The van der Waals surface area contributed by atoms with Crippen molar-refractivity contribution in [3.63, 3.8) is 0 Å². The van der Waals surface area contributed by atoms with Gasteiger partial charge in [0.25, 0.3) is 11.8 Å². The Hall–Kier alpha value is -3.04. The van der Waals surface area contributed by atoms with E-state index < -0.39 is 0 Å². The lowest BCUT2D eigenvalue weighted by atomic mass is 10.1. The van der Waals surface area contributed by atoms with E-state index in [2.05, 4.69) is 21.3 Å². The van der Waals surface area contributed by atoms with Crippen LogP contribution in [0.15, 0.2) is 48.5 Å². The lowest BCUT2D eigenvalue weighted by molar-refractivity contribution is -0.123. The van der Waals surface area contributed by atoms with E-state index in [-0.39, 0.29) is 29.8 Å². The highest BCUT2D eigenvalue weighted by Gasteiger charge is 2.23. The van der Waals surface area contributed by atoms with Crippen molar-refractivity contribution in [1.82, 2.24) is 21.3 Å². The number of benzene rings is 2. The fourth-order valence-electron chi connectivity index (χ4n) is 3.90. The summed E-state index contributed by atoms with van der Waals surface area (Å²) in [7, 11) is 1.89. The second-order valence-electron chi connectivity index (χ2n) is 9.41. The van der Waals surface area contributed by atoms with Crippen LogP contribution in [0.25, 0.3) is 0 Å². The van der Waals surface area contributed by atoms with Gasteiger partial charge in [0, 0.05) is 49.8 Å². The van der Waals surface area contributed by atoms with Crippen LogP contribution in [0.3, 0.4) is 0 Å². The molecule has 0 bridgehead atoms. The molecule has 37 heavy (non-hydrogen) atoms. The molecule has 2 aromatic carbocycles. The summed E-state index contributed by atoms with van der Waals surface area (Å²) in [5.74, 6) is 0.130. The highest BCUT2D eigenvalue weighted by molar-refractivity contribution is 7.99. The zero-order valence-electron chi connectivity index (χ0n) is 22.2. The highest BCUT2D eigenvalue weighted by atomic mass is 32.2. The maximum Gasteiger partial charge on any atom is 0.251 e. The van der Waals surface area contributed by atoms with Crippen LogP contribution in [0.5, 0.6) is 0 Å². The van der Waals surface area contributed by atoms with Crippen LogP contribution in [0.4, 0.5) is 5.69 Å². The van der Waals surface area contributed by atoms with Gasteiger partial charge in [-0.25, -0.2) is 0 Å². The molecule has 200 valence electrons. The number of nitrogens with zero attached hydrogens (tertiary/aromatic N) is 1. The van der Waals surface area contributed by atoms with E-state index in [1.54, 1.807) is 18.2 Å². The predicted molar refractivity (Wildman–Crippen MR) is 151 cm³/mol. The van der Waals surface area contributed by atoms with E-state index in [0.717, 1.165) is 17.8 Å². The zero-order chi connectivity index (χ0) is 26.8. The molecule has 0 aliphatic heterocycles. The van der Waals surface area contributed by atoms with Gasteiger partial charge in [-0.15, -0.1) is 0 Å². The van der Waals surface area contributed by atoms with Gasteiger partial charge in [0.15, 0.2) is 0 Å². The molecular formula is C28H39N5O3S. The first-order chi connectivity index (χ1) is 17.8. The van der Waals surface area contributed by atoms with E-state index in [4.69, 9.17) is 0 Å². The van der Waals surface area contributed by atoms with Crippen molar-refractivity contribution in [3.05, 3.63) is 65.2 Å². The van der Waals surface area contributed by atoms with E-state index >= 15 is 0 Å². The van der Waals surface area contributed by atoms with Crippen molar-refractivity contribution >= 4 is 35.4 Å². The molecule has 1 aliphatic carbocycles. The summed E-state index contributed by atoms with van der Waals surface area (Å²) in [6.45, 7) is 5.47. The quantitative estimate of drug-likeness (QED) is 0.222. The first kappa shape index (κ1) is 28.5. The molecule has 3 rings (SSSR count). The third-order valence-corrected chi connectivity index (χ3v) is 7.27. The lowest BCUT2D eigenvalue weighted by Crippen LogP contribution is -2.46. The first-order valence-electron chi connectivity index (χ1n) is 12.9. The second kappa shape index (κ2) is 14.0. The van der Waals surface area contributed by atoms with E-state index in [9.17, 15) is 14.4 Å². The van der Waals surface area contributed by atoms with Crippen LogP contribution in [-0.4, -0.2) is 56.7 Å². The fraction of sp³-hybridized carbons (Fsp3) is 0.464. The average molecular weight is 526 g/mol. The molecule has 0 saturated heterocycles. The Bertz CT molecular complexity index is 1060. The van der Waals surface area contributed by atoms with Crippen molar-refractivity contribution in [2.75, 3.05) is 37.2 Å². The third-order valence-electron chi connectivity index (χ3n) is 6.51. The monoisotopic (exact) mass is 525 g/mol. The maximum absolute atomic E-state index is 13.1. The van der Waals surface area contributed by atoms with Crippen LogP contribution in [0.2, 0.25) is 0 Å². The van der Waals surface area contributed by atoms with Crippen molar-refractivity contribution in [2.24, 2.45) is 5.92 Å². The topological polar surface area (TPSA) is 103 Å². The minimum atomic E-state index is -0.281. The third kappa shape index (κ3) is 8.79. The summed E-state index contributed by atoms with van der Waals surface area (Å²) in [5.41, 5.74) is 2.59. The SMILES string of the molecule is CC[C@H](NCCNC(=O)c1cc(C(=O)N[C@H](C)c2ccccc2)cc(N(C)SC)c1)C(=O)NCC1CC1. The molecular weight excluding hydrogens is 486 g/mol. The van der Waals surface area contributed by atoms with E-state index in [1.165, 1.54) is 24.8 Å². The largest absolute Gasteiger partial charge is 0.354 e. The number of amides is 3. The number of anilines is 1. The van der Waals surface area contributed by atoms with Gasteiger partial charge >= 0.3 is 0 Å². The Morgan fingerprint density at radius 1 is 1.00 bits per heavy atom. The predicted octanol–water partition coefficient (Wildman–Crippen LogP) is 3.52. The van der Waals surface area contributed by atoms with Gasteiger partial charge in [0.05, 0.1) is 12.1 Å². The molecule has 0 heterocycles. The standard InChI is InChI=1S/C28H39N5O3S/c1-5-25(28(36)31-18-20-11-12-20)29-13-14-30-26(34)22-15-23(17-24(16-22)33(3)37-4)27(35)32-19(2)21-9-7-6-8-10-21/h6-10,15-17,19-20,25,29H,5,11-14,18H2,1-4H3,(H,30,34)(H,31,36)(H,32,35)/t19-,25+/m1/s1. The molecule has 1 aliphatic rings. The molecule has 4 N–H and O–H groups in total.